The molecule has 1 fully saturated rings. The van der Waals surface area contributed by atoms with Crippen LogP contribution in [0.15, 0.2) is 18.3 Å². The summed E-state index contributed by atoms with van der Waals surface area (Å²) < 4.78 is 0. The molecule has 0 aliphatic carbocycles. The molecular formula is C9H13ClN2. The van der Waals surface area contributed by atoms with Crippen molar-refractivity contribution in [3.8, 4) is 0 Å². The fourth-order valence-electron chi connectivity index (χ4n) is 1.41. The highest BCUT2D eigenvalue weighted by Gasteiger charge is 2.20. The Balaban J connectivity index is 0.000000720. The van der Waals surface area contributed by atoms with Crippen LogP contribution in [0.4, 0.5) is 0 Å². The van der Waals surface area contributed by atoms with E-state index in [0.717, 1.165) is 13.1 Å². The molecule has 2 heterocycles. The Morgan fingerprint density at radius 1 is 1.50 bits per heavy atom. The summed E-state index contributed by atoms with van der Waals surface area (Å²) in [6.07, 6.45) is 1.88. The normalized spacial score (nSPS) is 16.4. The van der Waals surface area contributed by atoms with Crippen LogP contribution in [0.1, 0.15) is 17.2 Å². The Morgan fingerprint density at radius 3 is 2.75 bits per heavy atom. The van der Waals surface area contributed by atoms with Crippen LogP contribution in [-0.2, 0) is 0 Å². The average Bonchev–Trinajstić information content (AvgIpc) is 1.90. The zero-order chi connectivity index (χ0) is 7.68. The van der Waals surface area contributed by atoms with Crippen molar-refractivity contribution in [2.75, 3.05) is 13.1 Å². The number of halogens is 1. The van der Waals surface area contributed by atoms with Crippen LogP contribution in [0.5, 0.6) is 0 Å². The molecule has 2 nitrogen and oxygen atoms in total. The molecule has 0 atom stereocenters. The molecule has 1 aromatic rings. The standard InChI is InChI=1S/C9H12N2.ClH/c1-7-3-2-4-11-9(7)8-5-10-6-8;/h2-4,8,10H,5-6H2,1H3;1H. The van der Waals surface area contributed by atoms with Crippen LogP contribution in [-0.4, -0.2) is 18.1 Å². The van der Waals surface area contributed by atoms with Crippen LogP contribution in [0.3, 0.4) is 0 Å². The van der Waals surface area contributed by atoms with Crippen LogP contribution >= 0.6 is 12.4 Å². The molecule has 1 aromatic heterocycles. The summed E-state index contributed by atoms with van der Waals surface area (Å²) in [5, 5.41) is 3.25. The first kappa shape index (κ1) is 9.49. The fraction of sp³-hybridized carbons (Fsp3) is 0.444. The van der Waals surface area contributed by atoms with Gasteiger partial charge in [-0.2, -0.15) is 0 Å². The third-order valence-corrected chi connectivity index (χ3v) is 2.22. The summed E-state index contributed by atoms with van der Waals surface area (Å²) in [5.74, 6) is 0.663. The number of rotatable bonds is 1. The van der Waals surface area contributed by atoms with E-state index in [0.29, 0.717) is 5.92 Å². The lowest BCUT2D eigenvalue weighted by atomic mass is 9.95. The van der Waals surface area contributed by atoms with E-state index in [1.807, 2.05) is 12.3 Å². The van der Waals surface area contributed by atoms with Gasteiger partial charge >= 0.3 is 0 Å². The summed E-state index contributed by atoms with van der Waals surface area (Å²) in [7, 11) is 0. The lowest BCUT2D eigenvalue weighted by Gasteiger charge is -2.27. The van der Waals surface area contributed by atoms with Crippen molar-refractivity contribution in [2.24, 2.45) is 0 Å². The van der Waals surface area contributed by atoms with Crippen molar-refractivity contribution in [1.82, 2.24) is 10.3 Å². The van der Waals surface area contributed by atoms with Gasteiger partial charge < -0.3 is 5.32 Å². The molecule has 3 heteroatoms. The molecule has 0 bridgehead atoms. The molecule has 0 spiro atoms. The molecule has 0 unspecified atom stereocenters. The second-order valence-electron chi connectivity index (χ2n) is 3.06. The monoisotopic (exact) mass is 184 g/mol. The van der Waals surface area contributed by atoms with E-state index in [-0.39, 0.29) is 12.4 Å². The second-order valence-corrected chi connectivity index (χ2v) is 3.06. The van der Waals surface area contributed by atoms with Gasteiger partial charge in [-0.1, -0.05) is 6.07 Å². The Kier molecular flexibility index (Phi) is 3.06. The summed E-state index contributed by atoms with van der Waals surface area (Å²) >= 11 is 0. The molecular weight excluding hydrogens is 172 g/mol. The van der Waals surface area contributed by atoms with Gasteiger partial charge in [0.2, 0.25) is 0 Å². The maximum Gasteiger partial charge on any atom is 0.0489 e. The van der Waals surface area contributed by atoms with E-state index in [9.17, 15) is 0 Å². The quantitative estimate of drug-likeness (QED) is 0.716. The SMILES string of the molecule is Cc1cccnc1C1CNC1.Cl. The van der Waals surface area contributed by atoms with Crippen molar-refractivity contribution in [2.45, 2.75) is 12.8 Å². The van der Waals surface area contributed by atoms with Crippen LogP contribution in [0.2, 0.25) is 0 Å². The number of hydrogen-bond donors (Lipinski definition) is 1. The minimum absolute atomic E-state index is 0. The van der Waals surface area contributed by atoms with Crippen molar-refractivity contribution in [3.05, 3.63) is 29.6 Å². The largest absolute Gasteiger partial charge is 0.315 e. The lowest BCUT2D eigenvalue weighted by molar-refractivity contribution is 0.438. The molecule has 0 radical (unpaired) electrons. The van der Waals surface area contributed by atoms with E-state index in [2.05, 4.69) is 23.3 Å². The zero-order valence-corrected chi connectivity index (χ0v) is 7.90. The third-order valence-electron chi connectivity index (χ3n) is 2.22. The first-order chi connectivity index (χ1) is 5.38. The number of hydrogen-bond acceptors (Lipinski definition) is 2. The van der Waals surface area contributed by atoms with Gasteiger partial charge in [-0.15, -0.1) is 12.4 Å². The van der Waals surface area contributed by atoms with Gasteiger partial charge in [0, 0.05) is 30.9 Å². The minimum atomic E-state index is 0. The van der Waals surface area contributed by atoms with Crippen LogP contribution in [0, 0.1) is 6.92 Å². The van der Waals surface area contributed by atoms with Crippen molar-refractivity contribution < 1.29 is 0 Å². The van der Waals surface area contributed by atoms with E-state index >= 15 is 0 Å². The van der Waals surface area contributed by atoms with Gasteiger partial charge in [-0.05, 0) is 18.6 Å². The number of aryl methyl sites for hydroxylation is 1. The van der Waals surface area contributed by atoms with E-state index in [1.54, 1.807) is 0 Å². The number of pyridine rings is 1. The highest BCUT2D eigenvalue weighted by molar-refractivity contribution is 5.85. The number of nitrogens with one attached hydrogen (secondary N) is 1. The summed E-state index contributed by atoms with van der Waals surface area (Å²) in [5.41, 5.74) is 2.59. The fourth-order valence-corrected chi connectivity index (χ4v) is 1.41. The van der Waals surface area contributed by atoms with Gasteiger partial charge in [-0.3, -0.25) is 4.98 Å². The molecule has 66 valence electrons. The van der Waals surface area contributed by atoms with Crippen molar-refractivity contribution >= 4 is 12.4 Å². The molecule has 1 aliphatic rings. The van der Waals surface area contributed by atoms with Gasteiger partial charge in [0.05, 0.1) is 0 Å². The molecule has 2 rings (SSSR count). The third kappa shape index (κ3) is 1.59. The van der Waals surface area contributed by atoms with Gasteiger partial charge in [0.1, 0.15) is 0 Å². The highest BCUT2D eigenvalue weighted by atomic mass is 35.5. The maximum atomic E-state index is 4.36. The smallest absolute Gasteiger partial charge is 0.0489 e. The molecule has 1 aliphatic heterocycles. The van der Waals surface area contributed by atoms with E-state index in [1.165, 1.54) is 11.3 Å². The minimum Gasteiger partial charge on any atom is -0.315 e. The maximum absolute atomic E-state index is 4.36. The summed E-state index contributed by atoms with van der Waals surface area (Å²) in [6.45, 7) is 4.32. The Morgan fingerprint density at radius 2 is 2.25 bits per heavy atom. The van der Waals surface area contributed by atoms with Crippen LogP contribution in [0.25, 0.3) is 0 Å². The topological polar surface area (TPSA) is 24.9 Å². The summed E-state index contributed by atoms with van der Waals surface area (Å²) in [6, 6.07) is 4.12. The molecule has 0 amide bonds. The van der Waals surface area contributed by atoms with E-state index < -0.39 is 0 Å². The molecule has 1 saturated heterocycles. The molecule has 0 aromatic carbocycles. The predicted molar refractivity (Wildman–Crippen MR) is 51.8 cm³/mol. The average molecular weight is 185 g/mol. The summed E-state index contributed by atoms with van der Waals surface area (Å²) in [4.78, 5) is 4.36. The van der Waals surface area contributed by atoms with Gasteiger partial charge in [0.25, 0.3) is 0 Å². The Hall–Kier alpha value is -0.600. The van der Waals surface area contributed by atoms with Crippen molar-refractivity contribution in [3.63, 3.8) is 0 Å². The first-order valence-corrected chi connectivity index (χ1v) is 4.00. The molecule has 0 saturated carbocycles. The zero-order valence-electron chi connectivity index (χ0n) is 7.08. The van der Waals surface area contributed by atoms with E-state index in [4.69, 9.17) is 0 Å². The Labute approximate surface area is 78.8 Å². The van der Waals surface area contributed by atoms with Crippen molar-refractivity contribution in [1.29, 1.82) is 0 Å². The second kappa shape index (κ2) is 3.87. The number of aromatic nitrogens is 1. The molecule has 1 N–H and O–H groups in total. The molecule has 12 heavy (non-hydrogen) atoms. The van der Waals surface area contributed by atoms with Gasteiger partial charge in [-0.25, -0.2) is 0 Å². The lowest BCUT2D eigenvalue weighted by Crippen LogP contribution is -2.40. The highest BCUT2D eigenvalue weighted by Crippen LogP contribution is 2.19. The Bertz CT molecular complexity index is 258. The first-order valence-electron chi connectivity index (χ1n) is 4.00. The number of nitrogens with zero attached hydrogens (tertiary/aromatic N) is 1. The predicted octanol–water partition coefficient (Wildman–Crippen LogP) is 1.50. The van der Waals surface area contributed by atoms with Gasteiger partial charge in [0.15, 0.2) is 0 Å². The van der Waals surface area contributed by atoms with Crippen LogP contribution < -0.4 is 5.32 Å².